The minimum Gasteiger partial charge on any atom is -0.462 e. The molecule has 4 aliphatic rings. The fraction of sp³-hybridized carbons (Fsp3) is 0.824. The number of ether oxygens (including phenoxy) is 1. The number of hydrogen-bond acceptors (Lipinski definition) is 2. The van der Waals surface area contributed by atoms with Crippen molar-refractivity contribution in [2.24, 2.45) is 52.3 Å². The van der Waals surface area contributed by atoms with Gasteiger partial charge in [-0.25, -0.2) is 0 Å². The molecule has 3 saturated carbocycles. The van der Waals surface area contributed by atoms with E-state index in [9.17, 15) is 4.79 Å². The van der Waals surface area contributed by atoms with Crippen molar-refractivity contribution >= 4 is 5.97 Å². The van der Waals surface area contributed by atoms with E-state index in [1.165, 1.54) is 122 Å². The first kappa shape index (κ1) is 44.1. The van der Waals surface area contributed by atoms with Crippen LogP contribution in [0.25, 0.3) is 0 Å². The molecule has 0 aromatic rings. The van der Waals surface area contributed by atoms with Crippen LogP contribution >= 0.6 is 0 Å². The predicted octanol–water partition coefficient (Wildman–Crippen LogP) is 15.7. The molecule has 0 radical (unpaired) electrons. The zero-order chi connectivity index (χ0) is 38.1. The Bertz CT molecular complexity index is 1170. The van der Waals surface area contributed by atoms with Gasteiger partial charge in [-0.1, -0.05) is 154 Å². The number of fused-ring (bicyclic) bond motifs is 5. The lowest BCUT2D eigenvalue weighted by molar-refractivity contribution is -0.151. The smallest absolute Gasteiger partial charge is 0.306 e. The second-order valence-electron chi connectivity index (χ2n) is 19.3. The van der Waals surface area contributed by atoms with Crippen LogP contribution < -0.4 is 0 Å². The van der Waals surface area contributed by atoms with Crippen LogP contribution in [0, 0.1) is 52.3 Å². The minimum absolute atomic E-state index is 0.0529. The maximum atomic E-state index is 12.9. The van der Waals surface area contributed by atoms with Crippen molar-refractivity contribution in [3.63, 3.8) is 0 Å². The van der Waals surface area contributed by atoms with Crippen molar-refractivity contribution < 1.29 is 9.53 Å². The van der Waals surface area contributed by atoms with Crippen LogP contribution in [0.5, 0.6) is 0 Å². The highest BCUT2D eigenvalue weighted by Gasteiger charge is 2.59. The predicted molar refractivity (Wildman–Crippen MR) is 230 cm³/mol. The number of allylic oxidation sites excluding steroid dienone is 7. The van der Waals surface area contributed by atoms with Crippen LogP contribution in [0.2, 0.25) is 0 Å². The Labute approximate surface area is 329 Å². The van der Waals surface area contributed by atoms with E-state index >= 15 is 0 Å². The van der Waals surface area contributed by atoms with Gasteiger partial charge in [0.25, 0.3) is 0 Å². The molecule has 0 aromatic carbocycles. The number of esters is 1. The van der Waals surface area contributed by atoms with E-state index in [1.807, 2.05) is 0 Å². The van der Waals surface area contributed by atoms with E-state index in [-0.39, 0.29) is 12.1 Å². The van der Waals surface area contributed by atoms with Gasteiger partial charge in [-0.05, 0) is 142 Å². The van der Waals surface area contributed by atoms with E-state index in [2.05, 4.69) is 91.0 Å². The summed E-state index contributed by atoms with van der Waals surface area (Å²) >= 11 is 0. The molecule has 0 aliphatic heterocycles. The SMILES string of the molecule is CCCCC/C=C\C/C=C\CCCCCCCCCCCC(=O)O[C@H]1CC[C@@]2(C)C(=CC[C@H]3[C@@H]4CC[C@H]([C@H](C)/C=C/[C@@H](CC)C(C)C)[C@@]4(C)CC[C@@H]32)C1. The first-order chi connectivity index (χ1) is 25.6. The first-order valence-corrected chi connectivity index (χ1v) is 23.5. The van der Waals surface area contributed by atoms with Crippen LogP contribution in [0.15, 0.2) is 48.1 Å². The third kappa shape index (κ3) is 12.7. The molecule has 4 aliphatic carbocycles. The normalized spacial score (nSPS) is 31.2. The quantitative estimate of drug-likeness (QED) is 0.0561. The Morgan fingerprint density at radius 1 is 0.774 bits per heavy atom. The van der Waals surface area contributed by atoms with E-state index < -0.39 is 0 Å². The lowest BCUT2D eigenvalue weighted by Gasteiger charge is -2.58. The Morgan fingerprint density at radius 2 is 1.43 bits per heavy atom. The molecule has 0 saturated heterocycles. The molecule has 2 heteroatoms. The third-order valence-corrected chi connectivity index (χ3v) is 15.4. The lowest BCUT2D eigenvalue weighted by Crippen LogP contribution is -2.51. The van der Waals surface area contributed by atoms with E-state index in [4.69, 9.17) is 4.74 Å². The van der Waals surface area contributed by atoms with Gasteiger partial charge in [0.2, 0.25) is 0 Å². The molecule has 0 amide bonds. The second kappa shape index (κ2) is 22.9. The number of hydrogen-bond donors (Lipinski definition) is 0. The number of carbonyl (C=O) groups excluding carboxylic acids is 1. The fourth-order valence-corrected chi connectivity index (χ4v) is 11.9. The molecule has 53 heavy (non-hydrogen) atoms. The van der Waals surface area contributed by atoms with E-state index in [0.717, 1.165) is 61.7 Å². The van der Waals surface area contributed by atoms with Crippen LogP contribution in [-0.2, 0) is 9.53 Å². The van der Waals surface area contributed by atoms with Crippen LogP contribution in [-0.4, -0.2) is 12.1 Å². The number of carbonyl (C=O) groups is 1. The zero-order valence-corrected chi connectivity index (χ0v) is 36.2. The molecule has 9 atom stereocenters. The second-order valence-corrected chi connectivity index (χ2v) is 19.3. The van der Waals surface area contributed by atoms with E-state index in [0.29, 0.717) is 29.1 Å². The molecule has 0 unspecified atom stereocenters. The van der Waals surface area contributed by atoms with Gasteiger partial charge in [-0.15, -0.1) is 0 Å². The van der Waals surface area contributed by atoms with Crippen LogP contribution in [0.4, 0.5) is 0 Å². The zero-order valence-electron chi connectivity index (χ0n) is 36.2. The summed E-state index contributed by atoms with van der Waals surface area (Å²) < 4.78 is 6.15. The minimum atomic E-state index is 0.0529. The highest BCUT2D eigenvalue weighted by Crippen LogP contribution is 2.67. The highest BCUT2D eigenvalue weighted by atomic mass is 16.5. The average Bonchev–Trinajstić information content (AvgIpc) is 3.50. The van der Waals surface area contributed by atoms with E-state index in [1.54, 1.807) is 5.57 Å². The van der Waals surface area contributed by atoms with Gasteiger partial charge < -0.3 is 4.74 Å². The summed E-state index contributed by atoms with van der Waals surface area (Å²) in [7, 11) is 0. The first-order valence-electron chi connectivity index (χ1n) is 23.5. The summed E-state index contributed by atoms with van der Waals surface area (Å²) in [6.07, 6.45) is 48.3. The van der Waals surface area contributed by atoms with Crippen LogP contribution in [0.1, 0.15) is 209 Å². The Balaban J connectivity index is 1.08. The summed E-state index contributed by atoms with van der Waals surface area (Å²) in [6, 6.07) is 0. The molecule has 0 spiro atoms. The fourth-order valence-electron chi connectivity index (χ4n) is 11.9. The number of rotatable bonds is 24. The Hall–Kier alpha value is -1.57. The topological polar surface area (TPSA) is 26.3 Å². The molecule has 4 rings (SSSR count). The van der Waals surface area contributed by atoms with Gasteiger partial charge in [0.05, 0.1) is 0 Å². The largest absolute Gasteiger partial charge is 0.462 e. The average molecular weight is 731 g/mol. The van der Waals surface area contributed by atoms with Crippen molar-refractivity contribution in [2.75, 3.05) is 0 Å². The Morgan fingerprint density at radius 3 is 2.09 bits per heavy atom. The highest BCUT2D eigenvalue weighted by molar-refractivity contribution is 5.69. The van der Waals surface area contributed by atoms with Crippen molar-refractivity contribution in [3.05, 3.63) is 48.1 Å². The molecular formula is C51H86O2. The maximum absolute atomic E-state index is 12.9. The molecule has 302 valence electrons. The van der Waals surface area contributed by atoms with Crippen molar-refractivity contribution in [1.29, 1.82) is 0 Å². The monoisotopic (exact) mass is 731 g/mol. The van der Waals surface area contributed by atoms with Gasteiger partial charge in [0.1, 0.15) is 6.10 Å². The molecule has 3 fully saturated rings. The van der Waals surface area contributed by atoms with Gasteiger partial charge in [0.15, 0.2) is 0 Å². The summed E-state index contributed by atoms with van der Waals surface area (Å²) in [5.74, 6) is 5.53. The maximum Gasteiger partial charge on any atom is 0.306 e. The van der Waals surface area contributed by atoms with Gasteiger partial charge in [-0.2, -0.15) is 0 Å². The Kier molecular flexibility index (Phi) is 19.0. The molecule has 0 aromatic heterocycles. The number of unbranched alkanes of at least 4 members (excludes halogenated alkanes) is 12. The molecule has 0 heterocycles. The van der Waals surface area contributed by atoms with Crippen molar-refractivity contribution in [1.82, 2.24) is 0 Å². The molecular weight excluding hydrogens is 645 g/mol. The third-order valence-electron chi connectivity index (χ3n) is 15.4. The summed E-state index contributed by atoms with van der Waals surface area (Å²) in [5.41, 5.74) is 2.43. The van der Waals surface area contributed by atoms with Gasteiger partial charge >= 0.3 is 5.97 Å². The molecule has 0 N–H and O–H groups in total. The van der Waals surface area contributed by atoms with Gasteiger partial charge in [0, 0.05) is 12.8 Å². The summed E-state index contributed by atoms with van der Waals surface area (Å²) in [4.78, 5) is 12.9. The van der Waals surface area contributed by atoms with Crippen molar-refractivity contribution in [3.8, 4) is 0 Å². The van der Waals surface area contributed by atoms with Crippen molar-refractivity contribution in [2.45, 2.75) is 215 Å². The summed E-state index contributed by atoms with van der Waals surface area (Å²) in [6.45, 7) is 17.2. The molecule has 2 nitrogen and oxygen atoms in total. The lowest BCUT2D eigenvalue weighted by atomic mass is 9.47. The van der Waals surface area contributed by atoms with Gasteiger partial charge in [-0.3, -0.25) is 4.79 Å². The van der Waals surface area contributed by atoms with Crippen LogP contribution in [0.3, 0.4) is 0 Å². The summed E-state index contributed by atoms with van der Waals surface area (Å²) in [5, 5.41) is 0. The standard InChI is InChI=1S/C51H86O2/c1-8-10-11-12-13-14-15-16-17-18-19-20-21-22-23-24-25-26-27-28-49(52)53-44-35-37-50(6)43(39-44)31-32-45-47-34-33-46(51(47,7)38-36-48(45)50)41(5)29-30-42(9-2)40(3)4/h13-14,16-17,29-31,40-42,44-48H,8-12,15,18-28,32-39H2,1-7H3/b14-13-,17-16-,30-29+/t41-,42-,44+,45+,46-,47+,48+,50+,51-/m1/s1. The molecule has 0 bridgehead atoms.